The number of anilines is 1. The van der Waals surface area contributed by atoms with Crippen LogP contribution in [0.1, 0.15) is 18.2 Å². The lowest BCUT2D eigenvalue weighted by molar-refractivity contribution is 0.123. The lowest BCUT2D eigenvalue weighted by atomic mass is 10.2. The zero-order chi connectivity index (χ0) is 13.8. The van der Waals surface area contributed by atoms with Crippen LogP contribution in [-0.4, -0.2) is 65.6 Å². The molecule has 5 heteroatoms. The number of hydrogen-bond donors (Lipinski definition) is 1. The van der Waals surface area contributed by atoms with Gasteiger partial charge in [0.05, 0.1) is 0 Å². The van der Waals surface area contributed by atoms with Crippen molar-refractivity contribution in [1.82, 2.24) is 19.8 Å². The van der Waals surface area contributed by atoms with Gasteiger partial charge in [0.15, 0.2) is 0 Å². The van der Waals surface area contributed by atoms with Gasteiger partial charge in [-0.3, -0.25) is 4.90 Å². The molecular weight excluding hydrogens is 238 g/mol. The fourth-order valence-corrected chi connectivity index (χ4v) is 2.35. The monoisotopic (exact) mass is 263 g/mol. The topological polar surface area (TPSA) is 44.3 Å². The summed E-state index contributed by atoms with van der Waals surface area (Å²) in [6, 6.07) is 0.531. The highest BCUT2D eigenvalue weighted by Gasteiger charge is 2.19. The van der Waals surface area contributed by atoms with Crippen molar-refractivity contribution >= 4 is 5.82 Å². The molecule has 19 heavy (non-hydrogen) atoms. The van der Waals surface area contributed by atoms with E-state index in [0.717, 1.165) is 49.8 Å². The molecule has 1 N–H and O–H groups in total. The van der Waals surface area contributed by atoms with E-state index in [4.69, 9.17) is 0 Å². The van der Waals surface area contributed by atoms with Crippen LogP contribution in [0.5, 0.6) is 0 Å². The molecule has 0 unspecified atom stereocenters. The van der Waals surface area contributed by atoms with Gasteiger partial charge in [-0.15, -0.1) is 0 Å². The van der Waals surface area contributed by atoms with Crippen LogP contribution in [0, 0.1) is 13.8 Å². The number of aryl methyl sites for hydroxylation is 1. The molecule has 1 aromatic rings. The van der Waals surface area contributed by atoms with Crippen LogP contribution in [0.4, 0.5) is 5.82 Å². The van der Waals surface area contributed by atoms with Crippen LogP contribution >= 0.6 is 0 Å². The first kappa shape index (κ1) is 14.2. The molecule has 1 atom stereocenters. The standard InChI is InChI=1S/C14H25N5/c1-11(19-7-5-18(4)6-8-19)9-15-14-12(2)13(3)16-10-17-14/h10-11H,5-9H2,1-4H3,(H,15,16,17)/t11-/m1/s1. The summed E-state index contributed by atoms with van der Waals surface area (Å²) in [5.74, 6) is 0.966. The van der Waals surface area contributed by atoms with Gasteiger partial charge in [-0.1, -0.05) is 0 Å². The molecule has 106 valence electrons. The summed E-state index contributed by atoms with van der Waals surface area (Å²) in [7, 11) is 2.19. The third-order valence-corrected chi connectivity index (χ3v) is 4.06. The molecule has 0 spiro atoms. The maximum atomic E-state index is 4.32. The Morgan fingerprint density at radius 3 is 2.58 bits per heavy atom. The second kappa shape index (κ2) is 6.30. The van der Waals surface area contributed by atoms with E-state index in [1.165, 1.54) is 0 Å². The second-order valence-corrected chi connectivity index (χ2v) is 5.50. The Kier molecular flexibility index (Phi) is 4.71. The number of hydrogen-bond acceptors (Lipinski definition) is 5. The lowest BCUT2D eigenvalue weighted by Gasteiger charge is -2.36. The van der Waals surface area contributed by atoms with Gasteiger partial charge < -0.3 is 10.2 Å². The maximum Gasteiger partial charge on any atom is 0.132 e. The molecule has 0 aliphatic carbocycles. The third-order valence-electron chi connectivity index (χ3n) is 4.06. The van der Waals surface area contributed by atoms with Crippen LogP contribution < -0.4 is 5.32 Å². The summed E-state index contributed by atoms with van der Waals surface area (Å²) in [4.78, 5) is 13.4. The Morgan fingerprint density at radius 1 is 1.21 bits per heavy atom. The summed E-state index contributed by atoms with van der Waals surface area (Å²) in [5, 5.41) is 3.46. The van der Waals surface area contributed by atoms with Crippen molar-refractivity contribution < 1.29 is 0 Å². The molecule has 0 saturated carbocycles. The van der Waals surface area contributed by atoms with Crippen LogP contribution in [0.3, 0.4) is 0 Å². The van der Waals surface area contributed by atoms with Gasteiger partial charge in [0.1, 0.15) is 12.1 Å². The molecule has 2 heterocycles. The van der Waals surface area contributed by atoms with Crippen molar-refractivity contribution in [3.8, 4) is 0 Å². The number of nitrogens with one attached hydrogen (secondary N) is 1. The fourth-order valence-electron chi connectivity index (χ4n) is 2.35. The molecule has 0 bridgehead atoms. The molecule has 1 aliphatic rings. The SMILES string of the molecule is Cc1ncnc(NC[C@@H](C)N2CCN(C)CC2)c1C. The molecule has 0 radical (unpaired) electrons. The van der Waals surface area contributed by atoms with E-state index in [0.29, 0.717) is 6.04 Å². The minimum absolute atomic E-state index is 0.531. The molecule has 1 aromatic heterocycles. The van der Waals surface area contributed by atoms with E-state index >= 15 is 0 Å². The quantitative estimate of drug-likeness (QED) is 0.882. The summed E-state index contributed by atoms with van der Waals surface area (Å²) in [6.07, 6.45) is 1.63. The van der Waals surface area contributed by atoms with Crippen LogP contribution in [-0.2, 0) is 0 Å². The van der Waals surface area contributed by atoms with Gasteiger partial charge in [0, 0.05) is 50.0 Å². The van der Waals surface area contributed by atoms with E-state index in [-0.39, 0.29) is 0 Å². The lowest BCUT2D eigenvalue weighted by Crippen LogP contribution is -2.49. The Morgan fingerprint density at radius 2 is 1.89 bits per heavy atom. The Balaban J connectivity index is 1.86. The number of likely N-dealkylation sites (N-methyl/N-ethyl adjacent to an activating group) is 1. The zero-order valence-electron chi connectivity index (χ0n) is 12.5. The fraction of sp³-hybridized carbons (Fsp3) is 0.714. The van der Waals surface area contributed by atoms with E-state index in [2.05, 4.69) is 46.0 Å². The molecule has 2 rings (SSSR count). The van der Waals surface area contributed by atoms with Gasteiger partial charge in [-0.05, 0) is 27.8 Å². The number of rotatable bonds is 4. The van der Waals surface area contributed by atoms with E-state index in [9.17, 15) is 0 Å². The average molecular weight is 263 g/mol. The second-order valence-electron chi connectivity index (χ2n) is 5.50. The molecular formula is C14H25N5. The number of piperazine rings is 1. The summed E-state index contributed by atoms with van der Waals surface area (Å²) < 4.78 is 0. The van der Waals surface area contributed by atoms with E-state index < -0.39 is 0 Å². The van der Waals surface area contributed by atoms with Crippen molar-refractivity contribution in [3.63, 3.8) is 0 Å². The third kappa shape index (κ3) is 3.64. The van der Waals surface area contributed by atoms with Crippen molar-refractivity contribution in [1.29, 1.82) is 0 Å². The molecule has 5 nitrogen and oxygen atoms in total. The molecule has 1 fully saturated rings. The van der Waals surface area contributed by atoms with Crippen molar-refractivity contribution in [3.05, 3.63) is 17.6 Å². The van der Waals surface area contributed by atoms with Crippen molar-refractivity contribution in [2.75, 3.05) is 45.1 Å². The minimum Gasteiger partial charge on any atom is -0.368 e. The van der Waals surface area contributed by atoms with Crippen LogP contribution in [0.25, 0.3) is 0 Å². The van der Waals surface area contributed by atoms with E-state index in [1.807, 2.05) is 6.92 Å². The molecule has 0 aromatic carbocycles. The highest BCUT2D eigenvalue weighted by Crippen LogP contribution is 2.13. The zero-order valence-corrected chi connectivity index (χ0v) is 12.5. The molecule has 0 amide bonds. The smallest absolute Gasteiger partial charge is 0.132 e. The number of nitrogens with zero attached hydrogens (tertiary/aromatic N) is 4. The molecule has 1 saturated heterocycles. The molecule has 1 aliphatic heterocycles. The summed E-state index contributed by atoms with van der Waals surface area (Å²) >= 11 is 0. The highest BCUT2D eigenvalue weighted by molar-refractivity contribution is 5.44. The summed E-state index contributed by atoms with van der Waals surface area (Å²) in [6.45, 7) is 11.9. The first-order valence-corrected chi connectivity index (χ1v) is 7.02. The maximum absolute atomic E-state index is 4.32. The summed E-state index contributed by atoms with van der Waals surface area (Å²) in [5.41, 5.74) is 2.19. The predicted octanol–water partition coefficient (Wildman–Crippen LogP) is 1.14. The van der Waals surface area contributed by atoms with Gasteiger partial charge in [-0.2, -0.15) is 0 Å². The average Bonchev–Trinajstić information content (AvgIpc) is 2.41. The minimum atomic E-state index is 0.531. The highest BCUT2D eigenvalue weighted by atomic mass is 15.3. The first-order valence-electron chi connectivity index (χ1n) is 7.02. The predicted molar refractivity (Wildman–Crippen MR) is 78.5 cm³/mol. The van der Waals surface area contributed by atoms with Crippen LogP contribution in [0.2, 0.25) is 0 Å². The van der Waals surface area contributed by atoms with Crippen molar-refractivity contribution in [2.45, 2.75) is 26.8 Å². The Hall–Kier alpha value is -1.20. The normalized spacial score (nSPS) is 19.4. The Labute approximate surface area is 116 Å². The first-order chi connectivity index (χ1) is 9.08. The van der Waals surface area contributed by atoms with Gasteiger partial charge in [-0.25, -0.2) is 9.97 Å². The van der Waals surface area contributed by atoms with Crippen LogP contribution in [0.15, 0.2) is 6.33 Å². The van der Waals surface area contributed by atoms with Gasteiger partial charge >= 0.3 is 0 Å². The van der Waals surface area contributed by atoms with E-state index in [1.54, 1.807) is 6.33 Å². The Bertz CT molecular complexity index is 412. The van der Waals surface area contributed by atoms with Crippen molar-refractivity contribution in [2.24, 2.45) is 0 Å². The van der Waals surface area contributed by atoms with Gasteiger partial charge in [0.2, 0.25) is 0 Å². The van der Waals surface area contributed by atoms with Gasteiger partial charge in [0.25, 0.3) is 0 Å². The largest absolute Gasteiger partial charge is 0.368 e. The number of aromatic nitrogens is 2.